The predicted molar refractivity (Wildman–Crippen MR) is 82.2 cm³/mol. The van der Waals surface area contributed by atoms with Crippen LogP contribution in [0, 0.1) is 16.7 Å². The van der Waals surface area contributed by atoms with Crippen molar-refractivity contribution in [3.63, 3.8) is 0 Å². The van der Waals surface area contributed by atoms with E-state index in [1.165, 1.54) is 0 Å². The fourth-order valence-electron chi connectivity index (χ4n) is 3.83. The minimum Gasteiger partial charge on any atom is -0.399 e. The summed E-state index contributed by atoms with van der Waals surface area (Å²) in [6.45, 7) is 6.58. The fraction of sp³-hybridized carbons (Fsp3) is 0.471. The Hall–Kier alpha value is -1.77. The van der Waals surface area contributed by atoms with E-state index in [1.54, 1.807) is 0 Å². The van der Waals surface area contributed by atoms with Crippen molar-refractivity contribution in [2.24, 2.45) is 16.7 Å². The molecule has 0 amide bonds. The van der Waals surface area contributed by atoms with Gasteiger partial charge in [-0.1, -0.05) is 20.8 Å². The topological polar surface area (TPSA) is 55.1 Å². The highest BCUT2D eigenvalue weighted by Crippen LogP contribution is 2.65. The van der Waals surface area contributed by atoms with Crippen molar-refractivity contribution in [1.29, 1.82) is 0 Å². The average Bonchev–Trinajstić information content (AvgIpc) is 2.71. The Morgan fingerprint density at radius 1 is 1.25 bits per heavy atom. The standard InChI is InChI=1S/C17H22N2O/c1-16(2)14-8-9-17(16,3)15(20)13(14)10-19-12-6-4-11(18)5-7-12/h4-7,10,14,19H,8-9,18H2,1-3H3/b13-10-/t14-,17-/m1/s1. The number of ketones is 1. The van der Waals surface area contributed by atoms with Crippen LogP contribution in [0.3, 0.4) is 0 Å². The van der Waals surface area contributed by atoms with E-state index in [0.29, 0.717) is 11.7 Å². The summed E-state index contributed by atoms with van der Waals surface area (Å²) in [7, 11) is 0. The molecule has 0 heterocycles. The number of anilines is 2. The van der Waals surface area contributed by atoms with Gasteiger partial charge in [0.1, 0.15) is 0 Å². The fourth-order valence-corrected chi connectivity index (χ4v) is 3.83. The number of nitrogens with one attached hydrogen (secondary N) is 1. The molecule has 2 saturated carbocycles. The molecule has 2 aliphatic carbocycles. The molecule has 1 aromatic carbocycles. The molecule has 0 unspecified atom stereocenters. The lowest BCUT2D eigenvalue weighted by Gasteiger charge is -2.31. The summed E-state index contributed by atoms with van der Waals surface area (Å²) in [6.07, 6.45) is 4.04. The summed E-state index contributed by atoms with van der Waals surface area (Å²) in [6, 6.07) is 7.57. The van der Waals surface area contributed by atoms with E-state index in [0.717, 1.165) is 29.8 Å². The van der Waals surface area contributed by atoms with E-state index in [-0.39, 0.29) is 10.8 Å². The SMILES string of the molecule is CC1(C)[C@@H]2CC[C@]1(C)C(=O)/C2=C\Nc1ccc(N)cc1. The van der Waals surface area contributed by atoms with Crippen LogP contribution in [0.4, 0.5) is 11.4 Å². The summed E-state index contributed by atoms with van der Waals surface area (Å²) >= 11 is 0. The Bertz CT molecular complexity index is 586. The zero-order chi connectivity index (χ0) is 14.5. The normalized spacial score (nSPS) is 32.9. The highest BCUT2D eigenvalue weighted by atomic mass is 16.1. The van der Waals surface area contributed by atoms with Crippen LogP contribution in [0.5, 0.6) is 0 Å². The van der Waals surface area contributed by atoms with E-state index < -0.39 is 0 Å². The van der Waals surface area contributed by atoms with E-state index >= 15 is 0 Å². The molecule has 0 saturated heterocycles. The van der Waals surface area contributed by atoms with Crippen molar-refractivity contribution in [2.45, 2.75) is 33.6 Å². The summed E-state index contributed by atoms with van der Waals surface area (Å²) in [5.74, 6) is 0.697. The number of rotatable bonds is 2. The molecule has 106 valence electrons. The highest BCUT2D eigenvalue weighted by Gasteiger charge is 2.63. The van der Waals surface area contributed by atoms with Gasteiger partial charge in [0.2, 0.25) is 0 Å². The van der Waals surface area contributed by atoms with Crippen LogP contribution in [-0.2, 0) is 4.79 Å². The lowest BCUT2D eigenvalue weighted by atomic mass is 9.70. The molecule has 3 heteroatoms. The monoisotopic (exact) mass is 270 g/mol. The van der Waals surface area contributed by atoms with Crippen molar-refractivity contribution < 1.29 is 4.79 Å². The molecule has 2 atom stereocenters. The second kappa shape index (κ2) is 4.11. The molecule has 0 spiro atoms. The van der Waals surface area contributed by atoms with Crippen molar-refractivity contribution in [3.05, 3.63) is 36.0 Å². The number of hydrogen-bond acceptors (Lipinski definition) is 3. The highest BCUT2D eigenvalue weighted by molar-refractivity contribution is 6.04. The number of fused-ring (bicyclic) bond motifs is 2. The number of carbonyl (C=O) groups excluding carboxylic acids is 1. The van der Waals surface area contributed by atoms with Gasteiger partial charge >= 0.3 is 0 Å². The van der Waals surface area contributed by atoms with E-state index in [9.17, 15) is 4.79 Å². The smallest absolute Gasteiger partial charge is 0.167 e. The third kappa shape index (κ3) is 1.62. The van der Waals surface area contributed by atoms with Crippen LogP contribution in [0.1, 0.15) is 33.6 Å². The molecule has 2 fully saturated rings. The zero-order valence-electron chi connectivity index (χ0n) is 12.4. The van der Waals surface area contributed by atoms with Gasteiger partial charge in [-0.3, -0.25) is 4.79 Å². The third-order valence-electron chi connectivity index (χ3n) is 5.67. The lowest BCUT2D eigenvalue weighted by Crippen LogP contribution is -2.32. The maximum absolute atomic E-state index is 12.7. The van der Waals surface area contributed by atoms with Crippen molar-refractivity contribution in [1.82, 2.24) is 0 Å². The molecule has 2 bridgehead atoms. The van der Waals surface area contributed by atoms with Crippen LogP contribution in [0.2, 0.25) is 0 Å². The largest absolute Gasteiger partial charge is 0.399 e. The van der Waals surface area contributed by atoms with E-state index in [4.69, 9.17) is 5.73 Å². The summed E-state index contributed by atoms with van der Waals surface area (Å²) < 4.78 is 0. The van der Waals surface area contributed by atoms with Crippen molar-refractivity contribution >= 4 is 17.2 Å². The van der Waals surface area contributed by atoms with Crippen LogP contribution < -0.4 is 11.1 Å². The average molecular weight is 270 g/mol. The Labute approximate surface area is 120 Å². The van der Waals surface area contributed by atoms with E-state index in [1.807, 2.05) is 30.5 Å². The molecule has 1 aromatic rings. The summed E-state index contributed by atoms with van der Waals surface area (Å²) in [4.78, 5) is 12.7. The Morgan fingerprint density at radius 2 is 1.90 bits per heavy atom. The van der Waals surface area contributed by atoms with Gasteiger partial charge in [0, 0.05) is 28.6 Å². The maximum Gasteiger partial charge on any atom is 0.167 e. The molecule has 3 rings (SSSR count). The van der Waals surface area contributed by atoms with Gasteiger partial charge in [0.15, 0.2) is 5.78 Å². The number of nitrogen functional groups attached to an aromatic ring is 1. The molecule has 0 aromatic heterocycles. The van der Waals surface area contributed by atoms with Gasteiger partial charge in [-0.2, -0.15) is 0 Å². The molecule has 3 nitrogen and oxygen atoms in total. The van der Waals surface area contributed by atoms with Crippen LogP contribution in [0.15, 0.2) is 36.0 Å². The van der Waals surface area contributed by atoms with E-state index in [2.05, 4.69) is 26.1 Å². The van der Waals surface area contributed by atoms with Crippen LogP contribution in [0.25, 0.3) is 0 Å². The predicted octanol–water partition coefficient (Wildman–Crippen LogP) is 3.59. The van der Waals surface area contributed by atoms with Crippen LogP contribution >= 0.6 is 0 Å². The molecule has 0 aliphatic heterocycles. The molecule has 2 aliphatic rings. The van der Waals surface area contributed by atoms with Gasteiger partial charge < -0.3 is 11.1 Å². The minimum absolute atomic E-state index is 0.0682. The lowest BCUT2D eigenvalue weighted by molar-refractivity contribution is -0.125. The summed E-state index contributed by atoms with van der Waals surface area (Å²) in [5.41, 5.74) is 8.22. The summed E-state index contributed by atoms with van der Waals surface area (Å²) in [5, 5.41) is 3.25. The quantitative estimate of drug-likeness (QED) is 0.638. The van der Waals surface area contributed by atoms with Crippen molar-refractivity contribution in [2.75, 3.05) is 11.1 Å². The number of hydrogen-bond donors (Lipinski definition) is 2. The van der Waals surface area contributed by atoms with Crippen molar-refractivity contribution in [3.8, 4) is 0 Å². The number of nitrogens with two attached hydrogens (primary N) is 1. The number of benzene rings is 1. The first kappa shape index (κ1) is 13.2. The Kier molecular flexibility index (Phi) is 2.72. The maximum atomic E-state index is 12.7. The second-order valence-electron chi connectivity index (χ2n) is 6.84. The first-order valence-corrected chi connectivity index (χ1v) is 7.23. The van der Waals surface area contributed by atoms with Gasteiger partial charge in [0.25, 0.3) is 0 Å². The molecular formula is C17H22N2O. The molecule has 0 radical (unpaired) electrons. The zero-order valence-corrected chi connectivity index (χ0v) is 12.4. The van der Waals surface area contributed by atoms with Gasteiger partial charge in [-0.25, -0.2) is 0 Å². The van der Waals surface area contributed by atoms with Gasteiger partial charge in [-0.05, 0) is 48.4 Å². The molecular weight excluding hydrogens is 248 g/mol. The molecule has 3 N–H and O–H groups in total. The first-order chi connectivity index (χ1) is 9.36. The Balaban J connectivity index is 1.87. The molecule has 20 heavy (non-hydrogen) atoms. The number of carbonyl (C=O) groups is 1. The number of Topliss-reactive ketones (excluding diaryl/α,β-unsaturated/α-hetero) is 1. The third-order valence-corrected chi connectivity index (χ3v) is 5.67. The minimum atomic E-state index is -0.188. The van der Waals surface area contributed by atoms with Gasteiger partial charge in [-0.15, -0.1) is 0 Å². The Morgan fingerprint density at radius 3 is 2.45 bits per heavy atom. The number of allylic oxidation sites excluding steroid dienone is 1. The first-order valence-electron chi connectivity index (χ1n) is 7.23. The second-order valence-corrected chi connectivity index (χ2v) is 6.84. The van der Waals surface area contributed by atoms with Gasteiger partial charge in [0.05, 0.1) is 0 Å². The van der Waals surface area contributed by atoms with Crippen LogP contribution in [-0.4, -0.2) is 5.78 Å².